The molecule has 8 nitrogen and oxygen atoms in total. The van der Waals surface area contributed by atoms with E-state index in [1.165, 1.54) is 18.6 Å². The minimum absolute atomic E-state index is 0.235. The number of anilines is 1. The van der Waals surface area contributed by atoms with Crippen molar-refractivity contribution in [2.75, 3.05) is 25.5 Å². The molecular weight excluding hydrogens is 334 g/mol. The summed E-state index contributed by atoms with van der Waals surface area (Å²) >= 11 is 0. The van der Waals surface area contributed by atoms with Crippen molar-refractivity contribution in [3.05, 3.63) is 53.6 Å². The van der Waals surface area contributed by atoms with Crippen molar-refractivity contribution < 1.29 is 14.3 Å². The van der Waals surface area contributed by atoms with Gasteiger partial charge in [-0.05, 0) is 31.0 Å². The summed E-state index contributed by atoms with van der Waals surface area (Å²) < 4.78 is 5.47. The first-order valence-corrected chi connectivity index (χ1v) is 8.29. The minimum atomic E-state index is -0.664. The molecule has 0 spiro atoms. The number of pyridine rings is 2. The zero-order valence-corrected chi connectivity index (χ0v) is 14.5. The topological polar surface area (TPSA) is 119 Å². The Morgan fingerprint density at radius 2 is 2.12 bits per heavy atom. The first-order chi connectivity index (χ1) is 12.5. The van der Waals surface area contributed by atoms with Crippen LogP contribution in [0.2, 0.25) is 0 Å². The minimum Gasteiger partial charge on any atom is -0.397 e. The number of amides is 2. The number of hydrogen-bond donors (Lipinski definition) is 3. The molecule has 0 aromatic carbocycles. The lowest BCUT2D eigenvalue weighted by molar-refractivity contribution is 0.0843. The van der Waals surface area contributed by atoms with Gasteiger partial charge in [-0.2, -0.15) is 0 Å². The summed E-state index contributed by atoms with van der Waals surface area (Å²) in [5, 5.41) is 5.84. The second kappa shape index (κ2) is 7.49. The Morgan fingerprint density at radius 3 is 2.81 bits per heavy atom. The molecule has 4 N–H and O–H groups in total. The molecule has 0 saturated carbocycles. The molecule has 1 aliphatic heterocycles. The molecule has 3 heterocycles. The lowest BCUT2D eigenvalue weighted by Crippen LogP contribution is -2.56. The fourth-order valence-corrected chi connectivity index (χ4v) is 2.83. The molecule has 8 heteroatoms. The van der Waals surface area contributed by atoms with Crippen molar-refractivity contribution in [2.24, 2.45) is 0 Å². The summed E-state index contributed by atoms with van der Waals surface area (Å²) in [6, 6.07) is 3.33. The number of nitrogens with two attached hydrogens (primary N) is 1. The molecule has 1 aliphatic rings. The van der Waals surface area contributed by atoms with Gasteiger partial charge in [0.1, 0.15) is 0 Å². The van der Waals surface area contributed by atoms with Crippen molar-refractivity contribution in [3.63, 3.8) is 0 Å². The smallest absolute Gasteiger partial charge is 0.253 e. The standard InChI is InChI=1S/C18H21N5O3/c1-12-2-4-20-9-15(12)17(25)23-18(3-5-26-11-18)10-22-16(24)13-6-14(19)8-21-7-13/h2,4,6-9H,3,5,10-11,19H2,1H3,(H,22,24)(H,23,25). The molecule has 0 bridgehead atoms. The number of carbonyl (C=O) groups is 2. The van der Waals surface area contributed by atoms with Crippen LogP contribution in [-0.4, -0.2) is 47.1 Å². The van der Waals surface area contributed by atoms with E-state index < -0.39 is 5.54 Å². The SMILES string of the molecule is Cc1ccncc1C(=O)NC1(CNC(=O)c2cncc(N)c2)CCOC1. The number of ether oxygens (including phenoxy) is 1. The van der Waals surface area contributed by atoms with Gasteiger partial charge in [0.05, 0.1) is 29.0 Å². The van der Waals surface area contributed by atoms with E-state index in [9.17, 15) is 9.59 Å². The Morgan fingerprint density at radius 1 is 1.27 bits per heavy atom. The highest BCUT2D eigenvalue weighted by molar-refractivity contribution is 5.96. The third kappa shape index (κ3) is 3.97. The van der Waals surface area contributed by atoms with Crippen LogP contribution in [0.4, 0.5) is 5.69 Å². The summed E-state index contributed by atoms with van der Waals surface area (Å²) in [5.41, 5.74) is 7.12. The molecule has 1 saturated heterocycles. The normalized spacial score (nSPS) is 19.1. The first-order valence-electron chi connectivity index (χ1n) is 8.29. The molecule has 1 fully saturated rings. The van der Waals surface area contributed by atoms with Gasteiger partial charge in [0.15, 0.2) is 0 Å². The van der Waals surface area contributed by atoms with Crippen LogP contribution in [0.3, 0.4) is 0 Å². The first kappa shape index (κ1) is 17.8. The number of nitrogen functional groups attached to an aromatic ring is 1. The third-order valence-corrected chi connectivity index (χ3v) is 4.37. The fourth-order valence-electron chi connectivity index (χ4n) is 2.83. The lowest BCUT2D eigenvalue weighted by atomic mass is 9.97. The molecule has 2 amide bonds. The molecule has 2 aromatic rings. The average Bonchev–Trinajstić information content (AvgIpc) is 3.08. The van der Waals surface area contributed by atoms with E-state index in [-0.39, 0.29) is 18.4 Å². The highest BCUT2D eigenvalue weighted by Gasteiger charge is 2.37. The van der Waals surface area contributed by atoms with Crippen molar-refractivity contribution in [1.29, 1.82) is 0 Å². The van der Waals surface area contributed by atoms with Crippen molar-refractivity contribution in [1.82, 2.24) is 20.6 Å². The molecule has 26 heavy (non-hydrogen) atoms. The van der Waals surface area contributed by atoms with E-state index in [2.05, 4.69) is 20.6 Å². The van der Waals surface area contributed by atoms with Gasteiger partial charge in [0.2, 0.25) is 0 Å². The molecule has 1 unspecified atom stereocenters. The number of aryl methyl sites for hydroxylation is 1. The van der Waals surface area contributed by atoms with Crippen LogP contribution in [0.25, 0.3) is 0 Å². The number of aromatic nitrogens is 2. The summed E-state index contributed by atoms with van der Waals surface area (Å²) in [4.78, 5) is 32.9. The zero-order valence-electron chi connectivity index (χ0n) is 14.5. The van der Waals surface area contributed by atoms with E-state index >= 15 is 0 Å². The molecular formula is C18H21N5O3. The van der Waals surface area contributed by atoms with Gasteiger partial charge in [-0.1, -0.05) is 0 Å². The summed E-state index contributed by atoms with van der Waals surface area (Å²) in [7, 11) is 0. The predicted molar refractivity (Wildman–Crippen MR) is 95.6 cm³/mol. The van der Waals surface area contributed by atoms with Crippen LogP contribution in [0, 0.1) is 6.92 Å². The van der Waals surface area contributed by atoms with E-state index in [4.69, 9.17) is 10.5 Å². The van der Waals surface area contributed by atoms with Crippen LogP contribution in [0.15, 0.2) is 36.9 Å². The van der Waals surface area contributed by atoms with E-state index in [0.717, 1.165) is 5.56 Å². The number of hydrogen-bond acceptors (Lipinski definition) is 6. The second-order valence-corrected chi connectivity index (χ2v) is 6.42. The summed E-state index contributed by atoms with van der Waals surface area (Å²) in [6.07, 6.45) is 6.69. The predicted octanol–water partition coefficient (Wildman–Crippen LogP) is 0.686. The molecule has 0 aliphatic carbocycles. The highest BCUT2D eigenvalue weighted by atomic mass is 16.5. The fraction of sp³-hybridized carbons (Fsp3) is 0.333. The molecule has 2 aromatic heterocycles. The monoisotopic (exact) mass is 355 g/mol. The maximum atomic E-state index is 12.6. The molecule has 136 valence electrons. The largest absolute Gasteiger partial charge is 0.397 e. The molecule has 1 atom stereocenters. The Balaban J connectivity index is 1.69. The van der Waals surface area contributed by atoms with Gasteiger partial charge in [-0.3, -0.25) is 19.6 Å². The van der Waals surface area contributed by atoms with Crippen LogP contribution in [0.5, 0.6) is 0 Å². The van der Waals surface area contributed by atoms with Crippen molar-refractivity contribution in [3.8, 4) is 0 Å². The van der Waals surface area contributed by atoms with E-state index in [0.29, 0.717) is 36.4 Å². The van der Waals surface area contributed by atoms with Crippen LogP contribution in [0.1, 0.15) is 32.7 Å². The average molecular weight is 355 g/mol. The number of nitrogens with zero attached hydrogens (tertiary/aromatic N) is 2. The Bertz CT molecular complexity index is 818. The van der Waals surface area contributed by atoms with Crippen LogP contribution >= 0.6 is 0 Å². The second-order valence-electron chi connectivity index (χ2n) is 6.42. The third-order valence-electron chi connectivity index (χ3n) is 4.37. The number of rotatable bonds is 5. The zero-order chi connectivity index (χ0) is 18.6. The van der Waals surface area contributed by atoms with Gasteiger partial charge < -0.3 is 21.1 Å². The quantitative estimate of drug-likeness (QED) is 0.726. The van der Waals surface area contributed by atoms with E-state index in [1.54, 1.807) is 18.3 Å². The van der Waals surface area contributed by atoms with Gasteiger partial charge in [0.25, 0.3) is 11.8 Å². The summed E-state index contributed by atoms with van der Waals surface area (Å²) in [6.45, 7) is 2.93. The highest BCUT2D eigenvalue weighted by Crippen LogP contribution is 2.19. The Hall–Kier alpha value is -3.00. The van der Waals surface area contributed by atoms with E-state index in [1.807, 2.05) is 6.92 Å². The Kier molecular flexibility index (Phi) is 5.13. The summed E-state index contributed by atoms with van der Waals surface area (Å²) in [5.74, 6) is -0.538. The maximum absolute atomic E-state index is 12.6. The van der Waals surface area contributed by atoms with Crippen molar-refractivity contribution in [2.45, 2.75) is 18.9 Å². The maximum Gasteiger partial charge on any atom is 0.253 e. The molecule has 0 radical (unpaired) electrons. The Labute approximate surface area is 151 Å². The van der Waals surface area contributed by atoms with Gasteiger partial charge >= 0.3 is 0 Å². The number of nitrogens with one attached hydrogen (secondary N) is 2. The number of carbonyl (C=O) groups excluding carboxylic acids is 2. The van der Waals surface area contributed by atoms with Gasteiger partial charge in [0, 0.05) is 37.9 Å². The van der Waals surface area contributed by atoms with Gasteiger partial charge in [-0.15, -0.1) is 0 Å². The van der Waals surface area contributed by atoms with Crippen LogP contribution in [-0.2, 0) is 4.74 Å². The van der Waals surface area contributed by atoms with Crippen LogP contribution < -0.4 is 16.4 Å². The van der Waals surface area contributed by atoms with Crippen molar-refractivity contribution >= 4 is 17.5 Å². The lowest BCUT2D eigenvalue weighted by Gasteiger charge is -2.29. The van der Waals surface area contributed by atoms with Gasteiger partial charge in [-0.25, -0.2) is 0 Å². The molecule has 3 rings (SSSR count).